The number of nitrogens with one attached hydrogen (secondary N) is 1. The lowest BCUT2D eigenvalue weighted by molar-refractivity contribution is 0.0935. The highest BCUT2D eigenvalue weighted by atomic mass is 16.5. The van der Waals surface area contributed by atoms with Gasteiger partial charge in [0.05, 0.1) is 14.2 Å². The van der Waals surface area contributed by atoms with Crippen LogP contribution in [0.2, 0.25) is 0 Å². The van der Waals surface area contributed by atoms with E-state index in [2.05, 4.69) is 5.32 Å². The van der Waals surface area contributed by atoms with Crippen molar-refractivity contribution >= 4 is 5.91 Å². The Kier molecular flexibility index (Phi) is 4.78. The summed E-state index contributed by atoms with van der Waals surface area (Å²) in [5.74, 6) is 0.703. The molecule has 0 aliphatic heterocycles. The molecule has 1 unspecified atom stereocenters. The topological polar surface area (TPSA) is 73.6 Å². The number of amides is 1. The van der Waals surface area contributed by atoms with Crippen molar-refractivity contribution in [3.05, 3.63) is 23.8 Å². The Bertz CT molecular complexity index is 371. The van der Waals surface area contributed by atoms with Crippen molar-refractivity contribution in [1.29, 1.82) is 0 Å². The van der Waals surface area contributed by atoms with E-state index in [1.807, 2.05) is 6.92 Å². The van der Waals surface area contributed by atoms with Gasteiger partial charge in [0.15, 0.2) is 0 Å². The number of carbonyl (C=O) groups excluding carboxylic acids is 1. The van der Waals surface area contributed by atoms with Gasteiger partial charge in [-0.3, -0.25) is 4.79 Å². The van der Waals surface area contributed by atoms with E-state index < -0.39 is 0 Å². The molecule has 0 saturated heterocycles. The van der Waals surface area contributed by atoms with Crippen LogP contribution in [0.1, 0.15) is 17.3 Å². The number of ether oxygens (including phenoxy) is 2. The molecule has 1 aromatic carbocycles. The molecule has 0 radical (unpaired) electrons. The number of methoxy groups -OCH3 is 2. The first-order chi connectivity index (χ1) is 8.13. The number of nitrogens with two attached hydrogens (primary N) is 1. The highest BCUT2D eigenvalue weighted by Crippen LogP contribution is 2.27. The highest BCUT2D eigenvalue weighted by Gasteiger charge is 2.18. The third kappa shape index (κ3) is 3.10. The minimum absolute atomic E-state index is 0.0999. The Morgan fingerprint density at radius 3 is 2.29 bits per heavy atom. The summed E-state index contributed by atoms with van der Waals surface area (Å²) in [6.07, 6.45) is 0. The maximum absolute atomic E-state index is 12.0. The van der Waals surface area contributed by atoms with E-state index in [0.29, 0.717) is 23.6 Å². The van der Waals surface area contributed by atoms with Crippen LogP contribution in [0.15, 0.2) is 18.2 Å². The molecule has 94 valence electrons. The molecule has 1 aromatic rings. The first-order valence-electron chi connectivity index (χ1n) is 5.36. The van der Waals surface area contributed by atoms with Gasteiger partial charge in [0.1, 0.15) is 17.1 Å². The molecule has 0 saturated carbocycles. The van der Waals surface area contributed by atoms with Crippen molar-refractivity contribution < 1.29 is 14.3 Å². The van der Waals surface area contributed by atoms with Gasteiger partial charge >= 0.3 is 0 Å². The lowest BCUT2D eigenvalue weighted by atomic mass is 10.1. The minimum atomic E-state index is -0.253. The second-order valence-corrected chi connectivity index (χ2v) is 3.65. The number of carbonyl (C=O) groups is 1. The summed E-state index contributed by atoms with van der Waals surface area (Å²) in [6, 6.07) is 5.09. The van der Waals surface area contributed by atoms with Crippen molar-refractivity contribution in [2.24, 2.45) is 5.73 Å². The molecule has 1 amide bonds. The summed E-state index contributed by atoms with van der Waals surface area (Å²) in [5.41, 5.74) is 5.85. The van der Waals surface area contributed by atoms with Gasteiger partial charge < -0.3 is 20.5 Å². The van der Waals surface area contributed by atoms with Gasteiger partial charge in [0.25, 0.3) is 5.91 Å². The zero-order chi connectivity index (χ0) is 12.8. The molecular weight excluding hydrogens is 220 g/mol. The largest absolute Gasteiger partial charge is 0.496 e. The van der Waals surface area contributed by atoms with E-state index in [1.54, 1.807) is 18.2 Å². The number of benzene rings is 1. The monoisotopic (exact) mass is 238 g/mol. The maximum atomic E-state index is 12.0. The first-order valence-corrected chi connectivity index (χ1v) is 5.36. The highest BCUT2D eigenvalue weighted by molar-refractivity contribution is 5.99. The van der Waals surface area contributed by atoms with Gasteiger partial charge in [-0.15, -0.1) is 0 Å². The van der Waals surface area contributed by atoms with Gasteiger partial charge in [0, 0.05) is 12.6 Å². The summed E-state index contributed by atoms with van der Waals surface area (Å²) in [6.45, 7) is 2.21. The average Bonchev–Trinajstić information content (AvgIpc) is 2.37. The average molecular weight is 238 g/mol. The van der Waals surface area contributed by atoms with Gasteiger partial charge in [-0.05, 0) is 19.1 Å². The molecule has 0 spiro atoms. The Labute approximate surface area is 101 Å². The summed E-state index contributed by atoms with van der Waals surface area (Å²) in [5, 5.41) is 2.77. The van der Waals surface area contributed by atoms with Crippen LogP contribution in [-0.4, -0.2) is 32.7 Å². The maximum Gasteiger partial charge on any atom is 0.259 e. The first kappa shape index (κ1) is 13.3. The van der Waals surface area contributed by atoms with Crippen molar-refractivity contribution in [2.75, 3.05) is 20.8 Å². The Morgan fingerprint density at radius 2 is 1.88 bits per heavy atom. The SMILES string of the molecule is COc1cccc(OC)c1C(=O)NC(C)CN. The zero-order valence-corrected chi connectivity index (χ0v) is 10.3. The predicted octanol–water partition coefficient (Wildman–Crippen LogP) is 0.781. The van der Waals surface area contributed by atoms with E-state index in [-0.39, 0.29) is 11.9 Å². The molecule has 0 aliphatic carbocycles. The van der Waals surface area contributed by atoms with Crippen LogP contribution in [0.3, 0.4) is 0 Å². The molecule has 1 rings (SSSR count). The standard InChI is InChI=1S/C12H18N2O3/c1-8(7-13)14-12(15)11-9(16-2)5-4-6-10(11)17-3/h4-6,8H,7,13H2,1-3H3,(H,14,15). The number of hydrogen-bond donors (Lipinski definition) is 2. The van der Waals surface area contributed by atoms with E-state index in [4.69, 9.17) is 15.2 Å². The third-order valence-electron chi connectivity index (χ3n) is 2.39. The fourth-order valence-electron chi connectivity index (χ4n) is 1.43. The predicted molar refractivity (Wildman–Crippen MR) is 65.5 cm³/mol. The molecule has 0 aromatic heterocycles. The lowest BCUT2D eigenvalue weighted by Crippen LogP contribution is -2.38. The smallest absolute Gasteiger partial charge is 0.259 e. The van der Waals surface area contributed by atoms with Crippen LogP contribution in [0.5, 0.6) is 11.5 Å². The molecule has 0 aliphatic rings. The zero-order valence-electron chi connectivity index (χ0n) is 10.3. The van der Waals surface area contributed by atoms with E-state index in [0.717, 1.165) is 0 Å². The molecule has 0 fully saturated rings. The fraction of sp³-hybridized carbons (Fsp3) is 0.417. The fourth-order valence-corrected chi connectivity index (χ4v) is 1.43. The molecule has 17 heavy (non-hydrogen) atoms. The molecule has 1 atom stereocenters. The van der Waals surface area contributed by atoms with Gasteiger partial charge in [-0.2, -0.15) is 0 Å². The Balaban J connectivity index is 3.05. The summed E-state index contributed by atoms with van der Waals surface area (Å²) in [7, 11) is 3.02. The number of hydrogen-bond acceptors (Lipinski definition) is 4. The van der Waals surface area contributed by atoms with Crippen LogP contribution >= 0.6 is 0 Å². The summed E-state index contributed by atoms with van der Waals surface area (Å²) < 4.78 is 10.3. The summed E-state index contributed by atoms with van der Waals surface area (Å²) in [4.78, 5) is 12.0. The quantitative estimate of drug-likeness (QED) is 0.795. The van der Waals surface area contributed by atoms with Crippen LogP contribution in [0, 0.1) is 0 Å². The Hall–Kier alpha value is -1.75. The van der Waals surface area contributed by atoms with Crippen molar-refractivity contribution in [2.45, 2.75) is 13.0 Å². The van der Waals surface area contributed by atoms with Crippen molar-refractivity contribution in [1.82, 2.24) is 5.32 Å². The van der Waals surface area contributed by atoms with Gasteiger partial charge in [-0.1, -0.05) is 6.07 Å². The van der Waals surface area contributed by atoms with Crippen LogP contribution in [-0.2, 0) is 0 Å². The van der Waals surface area contributed by atoms with Crippen molar-refractivity contribution in [3.8, 4) is 11.5 Å². The normalized spacial score (nSPS) is 11.8. The third-order valence-corrected chi connectivity index (χ3v) is 2.39. The summed E-state index contributed by atoms with van der Waals surface area (Å²) >= 11 is 0. The van der Waals surface area contributed by atoms with Gasteiger partial charge in [-0.25, -0.2) is 0 Å². The Morgan fingerprint density at radius 1 is 1.35 bits per heavy atom. The number of rotatable bonds is 5. The van der Waals surface area contributed by atoms with E-state index in [1.165, 1.54) is 14.2 Å². The second kappa shape index (κ2) is 6.10. The van der Waals surface area contributed by atoms with Gasteiger partial charge in [0.2, 0.25) is 0 Å². The van der Waals surface area contributed by atoms with E-state index in [9.17, 15) is 4.79 Å². The minimum Gasteiger partial charge on any atom is -0.496 e. The van der Waals surface area contributed by atoms with E-state index >= 15 is 0 Å². The van der Waals surface area contributed by atoms with Crippen LogP contribution < -0.4 is 20.5 Å². The lowest BCUT2D eigenvalue weighted by Gasteiger charge is -2.15. The van der Waals surface area contributed by atoms with Crippen LogP contribution in [0.4, 0.5) is 0 Å². The molecule has 0 heterocycles. The molecule has 5 heteroatoms. The molecule has 3 N–H and O–H groups in total. The second-order valence-electron chi connectivity index (χ2n) is 3.65. The molecule has 5 nitrogen and oxygen atoms in total. The van der Waals surface area contributed by atoms with Crippen LogP contribution in [0.25, 0.3) is 0 Å². The van der Waals surface area contributed by atoms with Crippen molar-refractivity contribution in [3.63, 3.8) is 0 Å². The molecular formula is C12H18N2O3. The molecule has 0 bridgehead atoms.